The Balaban J connectivity index is 1.76. The summed E-state index contributed by atoms with van der Waals surface area (Å²) in [5, 5.41) is 1.01. The summed E-state index contributed by atoms with van der Waals surface area (Å²) in [4.78, 5) is 5.10. The van der Waals surface area contributed by atoms with Crippen LogP contribution in [-0.2, 0) is 10.0 Å². The van der Waals surface area contributed by atoms with E-state index in [1.807, 2.05) is 42.6 Å². The van der Waals surface area contributed by atoms with Crippen molar-refractivity contribution in [2.75, 3.05) is 33.2 Å². The molecular formula is C24H31N3O2S. The molecule has 5 nitrogen and oxygen atoms in total. The van der Waals surface area contributed by atoms with Gasteiger partial charge in [0.25, 0.3) is 10.0 Å². The zero-order chi connectivity index (χ0) is 21.5. The lowest BCUT2D eigenvalue weighted by molar-refractivity contribution is 0.119. The number of para-hydroxylation sites is 1. The van der Waals surface area contributed by atoms with E-state index in [0.29, 0.717) is 10.8 Å². The molecule has 160 valence electrons. The summed E-state index contributed by atoms with van der Waals surface area (Å²) in [7, 11) is -1.53. The molecule has 0 radical (unpaired) electrons. The fourth-order valence-corrected chi connectivity index (χ4v) is 5.63. The van der Waals surface area contributed by atoms with Gasteiger partial charge in [-0.1, -0.05) is 44.2 Å². The van der Waals surface area contributed by atoms with Crippen LogP contribution in [0.25, 0.3) is 10.9 Å². The maximum atomic E-state index is 13.5. The minimum Gasteiger partial charge on any atom is -0.304 e. The second-order valence-corrected chi connectivity index (χ2v) is 10.5. The van der Waals surface area contributed by atoms with E-state index in [9.17, 15) is 8.42 Å². The summed E-state index contributed by atoms with van der Waals surface area (Å²) in [6, 6.07) is 15.3. The predicted molar refractivity (Wildman–Crippen MR) is 123 cm³/mol. The lowest BCUT2D eigenvalue weighted by atomic mass is 10.0. The van der Waals surface area contributed by atoms with Crippen LogP contribution in [0.2, 0.25) is 0 Å². The molecule has 1 unspecified atom stereocenters. The van der Waals surface area contributed by atoms with E-state index >= 15 is 0 Å². The second kappa shape index (κ2) is 8.17. The minimum atomic E-state index is -3.67. The largest absolute Gasteiger partial charge is 0.304 e. The van der Waals surface area contributed by atoms with Gasteiger partial charge in [-0.3, -0.25) is 4.90 Å². The van der Waals surface area contributed by atoms with E-state index in [1.54, 1.807) is 12.1 Å². The highest BCUT2D eigenvalue weighted by atomic mass is 32.2. The number of fused-ring (bicyclic) bond motifs is 1. The Hall–Kier alpha value is -2.15. The molecule has 1 saturated heterocycles. The molecule has 1 aliphatic rings. The van der Waals surface area contributed by atoms with Crippen molar-refractivity contribution in [1.29, 1.82) is 0 Å². The molecule has 1 aliphatic heterocycles. The molecule has 1 aromatic heterocycles. The number of benzene rings is 2. The van der Waals surface area contributed by atoms with Crippen LogP contribution in [0, 0.1) is 0 Å². The summed E-state index contributed by atoms with van der Waals surface area (Å²) in [6.07, 6.45) is 1.83. The van der Waals surface area contributed by atoms with Crippen LogP contribution in [0.1, 0.15) is 43.9 Å². The second-order valence-electron chi connectivity index (χ2n) is 8.64. The predicted octanol–water partition coefficient (Wildman–Crippen LogP) is 4.31. The fourth-order valence-electron chi connectivity index (χ4n) is 4.25. The lowest BCUT2D eigenvalue weighted by Crippen LogP contribution is -2.45. The molecule has 0 N–H and O–H groups in total. The molecule has 1 atom stereocenters. The highest BCUT2D eigenvalue weighted by Gasteiger charge is 2.26. The number of likely N-dealkylation sites (N-methyl/N-ethyl adjacent to an activating group) is 1. The number of hydrogen-bond acceptors (Lipinski definition) is 4. The van der Waals surface area contributed by atoms with Gasteiger partial charge in [-0.15, -0.1) is 0 Å². The molecule has 30 heavy (non-hydrogen) atoms. The Morgan fingerprint density at radius 1 is 0.867 bits per heavy atom. The quantitative estimate of drug-likeness (QED) is 0.611. The third-order valence-electron chi connectivity index (χ3n) is 6.35. The van der Waals surface area contributed by atoms with E-state index in [0.717, 1.165) is 48.2 Å². The molecule has 0 amide bonds. The number of piperazine rings is 1. The van der Waals surface area contributed by atoms with Crippen LogP contribution < -0.4 is 0 Å². The average molecular weight is 426 g/mol. The first-order chi connectivity index (χ1) is 14.3. The zero-order valence-electron chi connectivity index (χ0n) is 18.2. The number of aromatic nitrogens is 1. The van der Waals surface area contributed by atoms with Crippen LogP contribution in [-0.4, -0.2) is 55.4 Å². The summed E-state index contributed by atoms with van der Waals surface area (Å²) < 4.78 is 28.5. The first-order valence-electron chi connectivity index (χ1n) is 10.7. The average Bonchev–Trinajstić information content (AvgIpc) is 3.14. The summed E-state index contributed by atoms with van der Waals surface area (Å²) in [5.41, 5.74) is 2.94. The molecule has 6 heteroatoms. The van der Waals surface area contributed by atoms with Gasteiger partial charge in [0, 0.05) is 43.8 Å². The van der Waals surface area contributed by atoms with E-state index < -0.39 is 10.0 Å². The van der Waals surface area contributed by atoms with Crippen molar-refractivity contribution in [2.24, 2.45) is 0 Å². The number of nitrogens with zero attached hydrogens (tertiary/aromatic N) is 3. The van der Waals surface area contributed by atoms with Gasteiger partial charge in [0.05, 0.1) is 10.4 Å². The highest BCUT2D eigenvalue weighted by Crippen LogP contribution is 2.33. The van der Waals surface area contributed by atoms with Gasteiger partial charge in [-0.2, -0.15) is 0 Å². The normalized spacial score (nSPS) is 17.6. The Morgan fingerprint density at radius 2 is 1.50 bits per heavy atom. The minimum absolute atomic E-state index is 0.156. The zero-order valence-corrected chi connectivity index (χ0v) is 19.1. The van der Waals surface area contributed by atoms with Crippen molar-refractivity contribution in [3.05, 3.63) is 65.9 Å². The first-order valence-corrected chi connectivity index (χ1v) is 12.1. The van der Waals surface area contributed by atoms with E-state index in [2.05, 4.69) is 37.6 Å². The molecular weight excluding hydrogens is 394 g/mol. The summed E-state index contributed by atoms with van der Waals surface area (Å²) in [5.74, 6) is 0.366. The van der Waals surface area contributed by atoms with E-state index in [4.69, 9.17) is 0 Å². The van der Waals surface area contributed by atoms with Crippen molar-refractivity contribution in [2.45, 2.75) is 37.6 Å². The molecule has 0 spiro atoms. The van der Waals surface area contributed by atoms with Crippen LogP contribution in [0.3, 0.4) is 0 Å². The monoisotopic (exact) mass is 425 g/mol. The molecule has 3 aromatic rings. The van der Waals surface area contributed by atoms with Crippen LogP contribution in [0.4, 0.5) is 0 Å². The van der Waals surface area contributed by atoms with Crippen LogP contribution in [0.5, 0.6) is 0 Å². The molecule has 2 aromatic carbocycles. The molecule has 2 heterocycles. The lowest BCUT2D eigenvalue weighted by Gasteiger charge is -2.36. The van der Waals surface area contributed by atoms with Crippen molar-refractivity contribution in [3.63, 3.8) is 0 Å². The van der Waals surface area contributed by atoms with Crippen molar-refractivity contribution in [1.82, 2.24) is 13.8 Å². The van der Waals surface area contributed by atoms with E-state index in [1.165, 1.54) is 3.97 Å². The molecule has 0 bridgehead atoms. The molecule has 0 saturated carbocycles. The van der Waals surface area contributed by atoms with Gasteiger partial charge < -0.3 is 4.90 Å². The van der Waals surface area contributed by atoms with Gasteiger partial charge in [0.1, 0.15) is 0 Å². The standard InChI is InChI=1S/C24H31N3O2S/c1-18(2)20-9-11-21(12-10-20)30(28,29)27-17-23(22-7-5-6-8-24(22)27)19(3)26-15-13-25(4)14-16-26/h5-12,17-19H,13-16H2,1-4H3. The Labute approximate surface area is 180 Å². The van der Waals surface area contributed by atoms with Gasteiger partial charge >= 0.3 is 0 Å². The number of rotatable bonds is 5. The van der Waals surface area contributed by atoms with Crippen molar-refractivity contribution < 1.29 is 8.42 Å². The molecule has 1 fully saturated rings. The van der Waals surface area contributed by atoms with Crippen LogP contribution in [0.15, 0.2) is 59.6 Å². The third-order valence-corrected chi connectivity index (χ3v) is 8.04. The van der Waals surface area contributed by atoms with Crippen molar-refractivity contribution in [3.8, 4) is 0 Å². The molecule has 0 aliphatic carbocycles. The first kappa shape index (κ1) is 21.1. The highest BCUT2D eigenvalue weighted by molar-refractivity contribution is 7.90. The van der Waals surface area contributed by atoms with Gasteiger partial charge in [0.15, 0.2) is 0 Å². The SMILES string of the molecule is CC(C)c1ccc(S(=O)(=O)n2cc(C(C)N3CCN(C)CC3)c3ccccc32)cc1. The smallest absolute Gasteiger partial charge is 0.268 e. The molecule has 4 rings (SSSR count). The fraction of sp³-hybridized carbons (Fsp3) is 0.417. The summed E-state index contributed by atoms with van der Waals surface area (Å²) in [6.45, 7) is 10.4. The Kier molecular flexibility index (Phi) is 5.75. The Morgan fingerprint density at radius 3 is 2.13 bits per heavy atom. The van der Waals surface area contributed by atoms with E-state index in [-0.39, 0.29) is 6.04 Å². The maximum Gasteiger partial charge on any atom is 0.268 e. The number of hydrogen-bond donors (Lipinski definition) is 0. The van der Waals surface area contributed by atoms with Crippen LogP contribution >= 0.6 is 0 Å². The van der Waals surface area contributed by atoms with Gasteiger partial charge in [0.2, 0.25) is 0 Å². The van der Waals surface area contributed by atoms with Crippen molar-refractivity contribution >= 4 is 20.9 Å². The summed E-state index contributed by atoms with van der Waals surface area (Å²) >= 11 is 0. The topological polar surface area (TPSA) is 45.6 Å². The van der Waals surface area contributed by atoms with Gasteiger partial charge in [-0.25, -0.2) is 12.4 Å². The Bertz CT molecular complexity index is 1120. The van der Waals surface area contributed by atoms with Gasteiger partial charge in [-0.05, 0) is 49.2 Å². The third kappa shape index (κ3) is 3.80. The maximum absolute atomic E-state index is 13.5.